The van der Waals surface area contributed by atoms with Crippen molar-refractivity contribution < 1.29 is 23.5 Å². The molecule has 1 atom stereocenters. The molecule has 25 heavy (non-hydrogen) atoms. The molecular weight excluding hydrogens is 326 g/mol. The van der Waals surface area contributed by atoms with Crippen LogP contribution in [0.25, 0.3) is 11.7 Å². The maximum absolute atomic E-state index is 12.1. The van der Waals surface area contributed by atoms with Crippen LogP contribution in [0.15, 0.2) is 27.2 Å². The van der Waals surface area contributed by atoms with Gasteiger partial charge in [-0.25, -0.2) is 4.79 Å². The average Bonchev–Trinajstić information content (AvgIpc) is 3.23. The number of aliphatic hydroxyl groups is 1. The van der Waals surface area contributed by atoms with Gasteiger partial charge < -0.3 is 23.6 Å². The van der Waals surface area contributed by atoms with E-state index in [1.165, 1.54) is 6.26 Å². The lowest BCUT2D eigenvalue weighted by Crippen LogP contribution is -2.42. The summed E-state index contributed by atoms with van der Waals surface area (Å²) in [6.45, 7) is 6.57. The molecule has 1 N–H and O–H groups in total. The zero-order valence-electron chi connectivity index (χ0n) is 14.6. The predicted octanol–water partition coefficient (Wildman–Crippen LogP) is 3.01. The highest BCUT2D eigenvalue weighted by Gasteiger charge is 2.33. The smallest absolute Gasteiger partial charge is 0.410 e. The minimum atomic E-state index is -0.864. The van der Waals surface area contributed by atoms with Crippen molar-refractivity contribution in [2.24, 2.45) is 5.92 Å². The van der Waals surface area contributed by atoms with Gasteiger partial charge in [-0.3, -0.25) is 0 Å². The first-order chi connectivity index (χ1) is 11.8. The number of furan rings is 1. The van der Waals surface area contributed by atoms with Gasteiger partial charge in [0, 0.05) is 13.1 Å². The number of nitrogens with zero attached hydrogens (tertiary/aromatic N) is 3. The molecule has 2 aromatic heterocycles. The van der Waals surface area contributed by atoms with Crippen LogP contribution < -0.4 is 0 Å². The number of rotatable bonds is 3. The Morgan fingerprint density at radius 2 is 2.08 bits per heavy atom. The van der Waals surface area contributed by atoms with E-state index < -0.39 is 11.7 Å². The maximum Gasteiger partial charge on any atom is 0.410 e. The number of hydrogen-bond donors (Lipinski definition) is 1. The number of likely N-dealkylation sites (tertiary alicyclic amines) is 1. The van der Waals surface area contributed by atoms with Gasteiger partial charge in [0.2, 0.25) is 5.89 Å². The fraction of sp³-hybridized carbons (Fsp3) is 0.588. The number of carbonyl (C=O) groups is 1. The minimum Gasteiger partial charge on any atom is -0.459 e. The molecule has 3 rings (SSSR count). The molecule has 1 aliphatic heterocycles. The third-order valence-electron chi connectivity index (χ3n) is 4.06. The highest BCUT2D eigenvalue weighted by atomic mass is 16.6. The summed E-state index contributed by atoms with van der Waals surface area (Å²) in [5, 5.41) is 18.3. The van der Waals surface area contributed by atoms with Crippen molar-refractivity contribution in [3.63, 3.8) is 0 Å². The monoisotopic (exact) mass is 349 g/mol. The molecular formula is C17H23N3O5. The van der Waals surface area contributed by atoms with Gasteiger partial charge in [0.05, 0.1) is 6.26 Å². The van der Waals surface area contributed by atoms with Gasteiger partial charge in [0.15, 0.2) is 5.76 Å². The fourth-order valence-electron chi connectivity index (χ4n) is 2.78. The summed E-state index contributed by atoms with van der Waals surface area (Å²) in [6, 6.07) is 3.44. The molecule has 8 heteroatoms. The second-order valence-corrected chi connectivity index (χ2v) is 7.17. The van der Waals surface area contributed by atoms with Crippen LogP contribution in [0.5, 0.6) is 0 Å². The van der Waals surface area contributed by atoms with Crippen molar-refractivity contribution in [3.05, 3.63) is 24.3 Å². The van der Waals surface area contributed by atoms with Crippen LogP contribution in [-0.4, -0.2) is 45.0 Å². The summed E-state index contributed by atoms with van der Waals surface area (Å²) < 4.78 is 16.1. The normalized spacial score (nSPS) is 17.5. The zero-order chi connectivity index (χ0) is 18.0. The van der Waals surface area contributed by atoms with E-state index in [2.05, 4.69) is 10.2 Å². The second kappa shape index (κ2) is 6.87. The van der Waals surface area contributed by atoms with Gasteiger partial charge in [-0.15, -0.1) is 10.2 Å². The lowest BCUT2D eigenvalue weighted by molar-refractivity contribution is 0.00379. The Balaban J connectivity index is 1.57. The molecule has 1 amide bonds. The topological polar surface area (TPSA) is 102 Å². The SMILES string of the molecule is CC(C)(C)OC(=O)N1CCC(C(O)c2nnc(-c3ccco3)o2)CC1. The van der Waals surface area contributed by atoms with Crippen molar-refractivity contribution in [1.82, 2.24) is 15.1 Å². The molecule has 1 fully saturated rings. The largest absolute Gasteiger partial charge is 0.459 e. The molecule has 3 heterocycles. The highest BCUT2D eigenvalue weighted by Crippen LogP contribution is 2.32. The first-order valence-electron chi connectivity index (χ1n) is 8.37. The Hall–Kier alpha value is -2.35. The second-order valence-electron chi connectivity index (χ2n) is 7.17. The molecule has 0 aromatic carbocycles. The van der Waals surface area contributed by atoms with Crippen LogP contribution in [-0.2, 0) is 4.74 Å². The Labute approximate surface area is 145 Å². The van der Waals surface area contributed by atoms with Gasteiger partial charge in [-0.05, 0) is 51.7 Å². The summed E-state index contributed by atoms with van der Waals surface area (Å²) in [4.78, 5) is 13.7. The number of ether oxygens (including phenoxy) is 1. The number of hydrogen-bond acceptors (Lipinski definition) is 7. The van der Waals surface area contributed by atoms with Crippen molar-refractivity contribution >= 4 is 6.09 Å². The van der Waals surface area contributed by atoms with E-state index in [1.54, 1.807) is 17.0 Å². The highest BCUT2D eigenvalue weighted by molar-refractivity contribution is 5.68. The molecule has 0 spiro atoms. The lowest BCUT2D eigenvalue weighted by Gasteiger charge is -2.34. The average molecular weight is 349 g/mol. The molecule has 8 nitrogen and oxygen atoms in total. The Kier molecular flexibility index (Phi) is 4.80. The summed E-state index contributed by atoms with van der Waals surface area (Å²) in [5.74, 6) is 0.821. The third-order valence-corrected chi connectivity index (χ3v) is 4.06. The molecule has 0 saturated carbocycles. The van der Waals surface area contributed by atoms with Crippen molar-refractivity contribution in [1.29, 1.82) is 0 Å². The van der Waals surface area contributed by atoms with E-state index >= 15 is 0 Å². The Morgan fingerprint density at radius 1 is 1.36 bits per heavy atom. The van der Waals surface area contributed by atoms with E-state index in [1.807, 2.05) is 20.8 Å². The van der Waals surface area contributed by atoms with Gasteiger partial charge in [0.25, 0.3) is 5.89 Å². The van der Waals surface area contributed by atoms with Gasteiger partial charge in [-0.2, -0.15) is 0 Å². The quantitative estimate of drug-likeness (QED) is 0.908. The van der Waals surface area contributed by atoms with Crippen LogP contribution >= 0.6 is 0 Å². The van der Waals surface area contributed by atoms with Crippen LogP contribution in [0.2, 0.25) is 0 Å². The third kappa shape index (κ3) is 4.19. The number of piperidine rings is 1. The molecule has 0 bridgehead atoms. The maximum atomic E-state index is 12.1. The summed E-state index contributed by atoms with van der Waals surface area (Å²) in [5.41, 5.74) is -0.514. The molecule has 1 unspecified atom stereocenters. The van der Waals surface area contributed by atoms with Crippen LogP contribution in [0.1, 0.15) is 45.6 Å². The summed E-state index contributed by atoms with van der Waals surface area (Å²) in [6.07, 6.45) is 1.61. The fourth-order valence-corrected chi connectivity index (χ4v) is 2.78. The van der Waals surface area contributed by atoms with E-state index in [-0.39, 0.29) is 23.8 Å². The van der Waals surface area contributed by atoms with Gasteiger partial charge in [-0.1, -0.05) is 0 Å². The number of carbonyl (C=O) groups excluding carboxylic acids is 1. The summed E-state index contributed by atoms with van der Waals surface area (Å²) in [7, 11) is 0. The van der Waals surface area contributed by atoms with Crippen LogP contribution in [0.4, 0.5) is 4.79 Å². The number of aliphatic hydroxyl groups excluding tert-OH is 1. The van der Waals surface area contributed by atoms with Gasteiger partial charge >= 0.3 is 6.09 Å². The Morgan fingerprint density at radius 3 is 2.68 bits per heavy atom. The first-order valence-corrected chi connectivity index (χ1v) is 8.37. The number of amides is 1. The number of aromatic nitrogens is 2. The molecule has 1 saturated heterocycles. The van der Waals surface area contributed by atoms with Crippen molar-refractivity contribution in [2.45, 2.75) is 45.3 Å². The Bertz CT molecular complexity index is 696. The van der Waals surface area contributed by atoms with Crippen molar-refractivity contribution in [3.8, 4) is 11.7 Å². The van der Waals surface area contributed by atoms with E-state index in [9.17, 15) is 9.90 Å². The van der Waals surface area contributed by atoms with Crippen LogP contribution in [0.3, 0.4) is 0 Å². The van der Waals surface area contributed by atoms with Gasteiger partial charge in [0.1, 0.15) is 11.7 Å². The summed E-state index contributed by atoms with van der Waals surface area (Å²) >= 11 is 0. The van der Waals surface area contributed by atoms with E-state index in [0.717, 1.165) is 0 Å². The predicted molar refractivity (Wildman–Crippen MR) is 87.5 cm³/mol. The van der Waals surface area contributed by atoms with E-state index in [4.69, 9.17) is 13.6 Å². The standard InChI is InChI=1S/C17H23N3O5/c1-17(2,3)25-16(22)20-8-6-11(7-9-20)13(21)15-19-18-14(24-15)12-5-4-10-23-12/h4-5,10-11,13,21H,6-9H2,1-3H3. The van der Waals surface area contributed by atoms with Crippen molar-refractivity contribution in [2.75, 3.05) is 13.1 Å². The van der Waals surface area contributed by atoms with E-state index in [0.29, 0.717) is 31.7 Å². The molecule has 1 aliphatic rings. The molecule has 2 aromatic rings. The zero-order valence-corrected chi connectivity index (χ0v) is 14.6. The lowest BCUT2D eigenvalue weighted by atomic mass is 9.91. The first kappa shape index (κ1) is 17.5. The minimum absolute atomic E-state index is 0.0522. The molecule has 136 valence electrons. The van der Waals surface area contributed by atoms with Crippen LogP contribution in [0, 0.1) is 5.92 Å². The molecule has 0 radical (unpaired) electrons. The molecule has 0 aliphatic carbocycles.